The molecular weight excluding hydrogens is 340 g/mol. The lowest BCUT2D eigenvalue weighted by atomic mass is 10.2. The fraction of sp³-hybridized carbons (Fsp3) is 0.286. The number of nitrogens with zero attached hydrogens (tertiary/aromatic N) is 3. The molecule has 0 aliphatic carbocycles. The van der Waals surface area contributed by atoms with Crippen LogP contribution in [0.15, 0.2) is 53.6 Å². The number of hydrogen-bond acceptors (Lipinski definition) is 4. The molecule has 0 atom stereocenters. The van der Waals surface area contributed by atoms with Gasteiger partial charge in [-0.3, -0.25) is 14.0 Å². The molecule has 6 nitrogen and oxygen atoms in total. The number of amides is 1. The van der Waals surface area contributed by atoms with Crippen molar-refractivity contribution in [2.45, 2.75) is 20.8 Å². The van der Waals surface area contributed by atoms with Gasteiger partial charge in [0.25, 0.3) is 11.5 Å². The summed E-state index contributed by atoms with van der Waals surface area (Å²) in [7, 11) is 0. The van der Waals surface area contributed by atoms with Crippen molar-refractivity contribution in [3.8, 4) is 0 Å². The van der Waals surface area contributed by atoms with Crippen molar-refractivity contribution in [3.05, 3.63) is 75.8 Å². The first-order valence-corrected chi connectivity index (χ1v) is 9.07. The highest BCUT2D eigenvalue weighted by Crippen LogP contribution is 2.15. The van der Waals surface area contributed by atoms with Crippen LogP contribution < -0.4 is 15.8 Å². The summed E-state index contributed by atoms with van der Waals surface area (Å²) in [5.41, 5.74) is 3.47. The van der Waals surface area contributed by atoms with Crippen molar-refractivity contribution in [2.75, 3.05) is 24.5 Å². The van der Waals surface area contributed by atoms with Crippen molar-refractivity contribution in [3.63, 3.8) is 0 Å². The van der Waals surface area contributed by atoms with Crippen molar-refractivity contribution >= 4 is 17.2 Å². The molecule has 0 saturated carbocycles. The lowest BCUT2D eigenvalue weighted by molar-refractivity contribution is 0.0952. The summed E-state index contributed by atoms with van der Waals surface area (Å²) < 4.78 is 1.41. The zero-order valence-electron chi connectivity index (χ0n) is 15.9. The second kappa shape index (κ2) is 8.03. The van der Waals surface area contributed by atoms with Gasteiger partial charge >= 0.3 is 0 Å². The van der Waals surface area contributed by atoms with E-state index < -0.39 is 5.91 Å². The Kier molecular flexibility index (Phi) is 5.54. The van der Waals surface area contributed by atoms with Gasteiger partial charge in [0, 0.05) is 37.7 Å². The van der Waals surface area contributed by atoms with Crippen LogP contribution in [0.25, 0.3) is 5.65 Å². The average Bonchev–Trinajstić information content (AvgIpc) is 2.66. The van der Waals surface area contributed by atoms with Crippen LogP contribution in [0.2, 0.25) is 0 Å². The van der Waals surface area contributed by atoms with Crippen LogP contribution in [0.5, 0.6) is 0 Å². The molecule has 2 aromatic heterocycles. The summed E-state index contributed by atoms with van der Waals surface area (Å²) in [6.07, 6.45) is 3.04. The highest BCUT2D eigenvalue weighted by Gasteiger charge is 2.13. The highest BCUT2D eigenvalue weighted by atomic mass is 16.2. The van der Waals surface area contributed by atoms with Gasteiger partial charge < -0.3 is 10.2 Å². The fourth-order valence-electron chi connectivity index (χ4n) is 3.03. The van der Waals surface area contributed by atoms with E-state index in [9.17, 15) is 9.59 Å². The second-order valence-electron chi connectivity index (χ2n) is 6.59. The van der Waals surface area contributed by atoms with E-state index in [2.05, 4.69) is 47.2 Å². The van der Waals surface area contributed by atoms with Crippen LogP contribution in [0, 0.1) is 13.8 Å². The van der Waals surface area contributed by atoms with Gasteiger partial charge in [-0.15, -0.1) is 0 Å². The molecule has 3 aromatic rings. The van der Waals surface area contributed by atoms with E-state index in [0.29, 0.717) is 18.7 Å². The number of carbonyl (C=O) groups is 1. The summed E-state index contributed by atoms with van der Waals surface area (Å²) in [6, 6.07) is 11.9. The van der Waals surface area contributed by atoms with Gasteiger partial charge in [-0.1, -0.05) is 18.2 Å². The van der Waals surface area contributed by atoms with Gasteiger partial charge in [0.15, 0.2) is 0 Å². The number of carbonyl (C=O) groups excluding carboxylic acids is 1. The second-order valence-corrected chi connectivity index (χ2v) is 6.59. The first-order valence-electron chi connectivity index (χ1n) is 9.07. The number of fused-ring (bicyclic) bond motifs is 1. The summed E-state index contributed by atoms with van der Waals surface area (Å²) >= 11 is 0. The first-order chi connectivity index (χ1) is 13.0. The predicted octanol–water partition coefficient (Wildman–Crippen LogP) is 2.57. The minimum absolute atomic E-state index is 0.0525. The smallest absolute Gasteiger partial charge is 0.270 e. The summed E-state index contributed by atoms with van der Waals surface area (Å²) in [6.45, 7) is 7.96. The molecule has 0 saturated heterocycles. The van der Waals surface area contributed by atoms with Gasteiger partial charge in [-0.2, -0.15) is 0 Å². The van der Waals surface area contributed by atoms with E-state index in [1.165, 1.54) is 16.2 Å². The maximum absolute atomic E-state index is 12.6. The standard InChI is InChI=1S/C21H24N4O2/c1-4-24(17-7-5-6-15(2)12-17)11-10-22-20(26)18-13-23-19-9-8-16(3)14-25(19)21(18)27/h5-9,12-14H,4,10-11H2,1-3H3,(H,22,26). The molecule has 27 heavy (non-hydrogen) atoms. The minimum atomic E-state index is -0.399. The van der Waals surface area contributed by atoms with Crippen molar-refractivity contribution in [1.82, 2.24) is 14.7 Å². The van der Waals surface area contributed by atoms with E-state index in [0.717, 1.165) is 17.8 Å². The summed E-state index contributed by atoms with van der Waals surface area (Å²) in [5.74, 6) is -0.399. The maximum Gasteiger partial charge on any atom is 0.270 e. The molecule has 1 amide bonds. The number of rotatable bonds is 6. The molecule has 0 aliphatic heterocycles. The quantitative estimate of drug-likeness (QED) is 0.730. The number of aryl methyl sites for hydroxylation is 2. The van der Waals surface area contributed by atoms with Crippen LogP contribution in [0.1, 0.15) is 28.4 Å². The average molecular weight is 364 g/mol. The number of likely N-dealkylation sites (N-methyl/N-ethyl adjacent to an activating group) is 1. The molecule has 2 heterocycles. The molecule has 1 aromatic carbocycles. The maximum atomic E-state index is 12.6. The minimum Gasteiger partial charge on any atom is -0.370 e. The largest absolute Gasteiger partial charge is 0.370 e. The normalized spacial score (nSPS) is 10.8. The monoisotopic (exact) mass is 364 g/mol. The molecule has 0 spiro atoms. The molecule has 0 bridgehead atoms. The Morgan fingerprint density at radius 3 is 2.74 bits per heavy atom. The first kappa shape index (κ1) is 18.6. The van der Waals surface area contributed by atoms with Crippen molar-refractivity contribution in [1.29, 1.82) is 0 Å². The van der Waals surface area contributed by atoms with Gasteiger partial charge in [0.05, 0.1) is 0 Å². The molecule has 140 valence electrons. The van der Waals surface area contributed by atoms with E-state index in [1.807, 2.05) is 19.1 Å². The molecular formula is C21H24N4O2. The molecule has 0 aliphatic rings. The topological polar surface area (TPSA) is 66.7 Å². The third-order valence-electron chi connectivity index (χ3n) is 4.51. The Hall–Kier alpha value is -3.15. The molecule has 6 heteroatoms. The van der Waals surface area contributed by atoms with E-state index in [-0.39, 0.29) is 11.1 Å². The van der Waals surface area contributed by atoms with Gasteiger partial charge in [0.1, 0.15) is 11.2 Å². The van der Waals surface area contributed by atoms with Crippen molar-refractivity contribution in [2.24, 2.45) is 0 Å². The Morgan fingerprint density at radius 2 is 2.00 bits per heavy atom. The van der Waals surface area contributed by atoms with Gasteiger partial charge in [-0.25, -0.2) is 4.98 Å². The number of nitrogens with one attached hydrogen (secondary N) is 1. The van der Waals surface area contributed by atoms with Crippen LogP contribution in [-0.2, 0) is 0 Å². The zero-order valence-corrected chi connectivity index (χ0v) is 15.9. The third-order valence-corrected chi connectivity index (χ3v) is 4.51. The molecule has 0 radical (unpaired) electrons. The lowest BCUT2D eigenvalue weighted by Crippen LogP contribution is -2.37. The van der Waals surface area contributed by atoms with Crippen molar-refractivity contribution < 1.29 is 4.79 Å². The van der Waals surface area contributed by atoms with Gasteiger partial charge in [0.2, 0.25) is 0 Å². The van der Waals surface area contributed by atoms with E-state index in [1.54, 1.807) is 12.3 Å². The Balaban J connectivity index is 1.70. The van der Waals surface area contributed by atoms with E-state index >= 15 is 0 Å². The van der Waals surface area contributed by atoms with Crippen LogP contribution in [0.3, 0.4) is 0 Å². The van der Waals surface area contributed by atoms with Crippen LogP contribution in [-0.4, -0.2) is 34.9 Å². The Bertz CT molecular complexity index is 1030. The number of hydrogen-bond donors (Lipinski definition) is 1. The molecule has 0 fully saturated rings. The Morgan fingerprint density at radius 1 is 1.19 bits per heavy atom. The Labute approximate surface area is 158 Å². The molecule has 3 rings (SSSR count). The SMILES string of the molecule is CCN(CCNC(=O)c1cnc2ccc(C)cn2c1=O)c1cccc(C)c1. The van der Waals surface area contributed by atoms with Crippen LogP contribution in [0.4, 0.5) is 5.69 Å². The number of pyridine rings is 1. The molecule has 1 N–H and O–H groups in total. The molecule has 0 unspecified atom stereocenters. The third kappa shape index (κ3) is 4.16. The predicted molar refractivity (Wildman–Crippen MR) is 108 cm³/mol. The summed E-state index contributed by atoms with van der Waals surface area (Å²) in [5, 5.41) is 2.83. The zero-order chi connectivity index (χ0) is 19.4. The van der Waals surface area contributed by atoms with E-state index in [4.69, 9.17) is 0 Å². The number of benzene rings is 1. The highest BCUT2D eigenvalue weighted by molar-refractivity contribution is 5.93. The number of anilines is 1. The fourth-order valence-corrected chi connectivity index (χ4v) is 3.03. The summed E-state index contributed by atoms with van der Waals surface area (Å²) in [4.78, 5) is 31.5. The van der Waals surface area contributed by atoms with Crippen LogP contribution >= 0.6 is 0 Å². The lowest BCUT2D eigenvalue weighted by Gasteiger charge is -2.23. The number of aromatic nitrogens is 2. The van der Waals surface area contributed by atoms with Gasteiger partial charge in [-0.05, 0) is 50.1 Å².